The van der Waals surface area contributed by atoms with Gasteiger partial charge in [-0.2, -0.15) is 0 Å². The summed E-state index contributed by atoms with van der Waals surface area (Å²) >= 11 is 1.26. The Kier molecular flexibility index (Phi) is 5.58. The van der Waals surface area contributed by atoms with Crippen molar-refractivity contribution in [1.29, 1.82) is 0 Å². The summed E-state index contributed by atoms with van der Waals surface area (Å²) in [7, 11) is 3.17. The Morgan fingerprint density at radius 2 is 1.76 bits per heavy atom. The van der Waals surface area contributed by atoms with E-state index in [-0.39, 0.29) is 11.0 Å². The Labute approximate surface area is 173 Å². The Morgan fingerprint density at radius 1 is 1.03 bits per heavy atom. The second kappa shape index (κ2) is 8.29. The van der Waals surface area contributed by atoms with Gasteiger partial charge in [-0.05, 0) is 55.5 Å². The maximum absolute atomic E-state index is 12.8. The van der Waals surface area contributed by atoms with Crippen LogP contribution in [0.3, 0.4) is 0 Å². The standard InChI is InChI=1S/C22H22N2O4S/c1-13(20(25)16-8-7-14-5-4-6-15(14)9-16)29-22-24-23-21(28-22)17-10-18(26-2)12-19(11-17)27-3/h7-13H,4-6H2,1-3H3. The molecule has 29 heavy (non-hydrogen) atoms. The van der Waals surface area contributed by atoms with Gasteiger partial charge in [-0.25, -0.2) is 0 Å². The van der Waals surface area contributed by atoms with E-state index in [0.717, 1.165) is 24.8 Å². The molecule has 1 unspecified atom stereocenters. The number of rotatable bonds is 7. The fraction of sp³-hybridized carbons (Fsp3) is 0.318. The van der Waals surface area contributed by atoms with Gasteiger partial charge < -0.3 is 13.9 Å². The first-order valence-electron chi connectivity index (χ1n) is 9.47. The molecule has 1 aromatic heterocycles. The summed E-state index contributed by atoms with van der Waals surface area (Å²) in [6.45, 7) is 1.86. The Morgan fingerprint density at radius 3 is 2.48 bits per heavy atom. The van der Waals surface area contributed by atoms with Gasteiger partial charge in [0.15, 0.2) is 5.78 Å². The van der Waals surface area contributed by atoms with Gasteiger partial charge in [-0.1, -0.05) is 23.9 Å². The minimum Gasteiger partial charge on any atom is -0.497 e. The zero-order valence-electron chi connectivity index (χ0n) is 16.6. The topological polar surface area (TPSA) is 74.5 Å². The molecule has 0 radical (unpaired) electrons. The molecule has 1 aliphatic rings. The molecular weight excluding hydrogens is 388 g/mol. The Balaban J connectivity index is 1.49. The lowest BCUT2D eigenvalue weighted by Crippen LogP contribution is -2.13. The number of benzene rings is 2. The van der Waals surface area contributed by atoms with Crippen LogP contribution in [0.4, 0.5) is 0 Å². The first-order chi connectivity index (χ1) is 14.1. The molecule has 0 amide bonds. The Bertz CT molecular complexity index is 1020. The minimum atomic E-state index is -0.331. The lowest BCUT2D eigenvalue weighted by molar-refractivity contribution is 0.0993. The number of thioether (sulfide) groups is 1. The summed E-state index contributed by atoms with van der Waals surface area (Å²) in [5.74, 6) is 1.67. The van der Waals surface area contributed by atoms with E-state index >= 15 is 0 Å². The molecule has 7 heteroatoms. The molecule has 1 aliphatic carbocycles. The summed E-state index contributed by atoms with van der Waals surface area (Å²) < 4.78 is 16.3. The molecule has 150 valence electrons. The van der Waals surface area contributed by atoms with Gasteiger partial charge >= 0.3 is 0 Å². The van der Waals surface area contributed by atoms with E-state index in [0.29, 0.717) is 28.2 Å². The van der Waals surface area contributed by atoms with Gasteiger partial charge in [-0.3, -0.25) is 4.79 Å². The number of aromatic nitrogens is 2. The second-order valence-corrected chi connectivity index (χ2v) is 8.23. The molecule has 0 bridgehead atoms. The molecule has 0 N–H and O–H groups in total. The summed E-state index contributed by atoms with van der Waals surface area (Å²) in [5, 5.41) is 8.22. The van der Waals surface area contributed by atoms with Crippen LogP contribution in [0.5, 0.6) is 11.5 Å². The number of hydrogen-bond donors (Lipinski definition) is 0. The predicted octanol–water partition coefficient (Wildman–Crippen LogP) is 4.61. The first-order valence-corrected chi connectivity index (χ1v) is 10.3. The van der Waals surface area contributed by atoms with Crippen molar-refractivity contribution in [2.75, 3.05) is 14.2 Å². The van der Waals surface area contributed by atoms with E-state index in [9.17, 15) is 4.79 Å². The van der Waals surface area contributed by atoms with Crippen LogP contribution in [0.2, 0.25) is 0 Å². The lowest BCUT2D eigenvalue weighted by atomic mass is 10.0. The number of ether oxygens (including phenoxy) is 2. The molecule has 1 heterocycles. The zero-order valence-corrected chi connectivity index (χ0v) is 17.4. The van der Waals surface area contributed by atoms with Crippen LogP contribution < -0.4 is 9.47 Å². The van der Waals surface area contributed by atoms with Crippen LogP contribution in [-0.2, 0) is 12.8 Å². The molecule has 0 saturated carbocycles. The molecule has 0 aliphatic heterocycles. The maximum atomic E-state index is 12.8. The third-order valence-corrected chi connectivity index (χ3v) is 5.97. The van der Waals surface area contributed by atoms with Crippen LogP contribution in [0, 0.1) is 0 Å². The highest BCUT2D eigenvalue weighted by atomic mass is 32.2. The molecule has 0 fully saturated rings. The molecule has 1 atom stereocenters. The van der Waals surface area contributed by atoms with E-state index in [1.165, 1.54) is 22.9 Å². The number of Topliss-reactive ketones (excluding diaryl/α,β-unsaturated/α-hetero) is 1. The van der Waals surface area contributed by atoms with E-state index in [4.69, 9.17) is 13.9 Å². The summed E-state index contributed by atoms with van der Waals surface area (Å²) in [6, 6.07) is 11.4. The molecular formula is C22H22N2O4S. The van der Waals surface area contributed by atoms with Crippen LogP contribution >= 0.6 is 11.8 Å². The number of fused-ring (bicyclic) bond motifs is 1. The van der Waals surface area contributed by atoms with Crippen molar-refractivity contribution in [3.8, 4) is 23.0 Å². The monoisotopic (exact) mass is 410 g/mol. The quantitative estimate of drug-likeness (QED) is 0.416. The number of carbonyl (C=O) groups excluding carboxylic acids is 1. The van der Waals surface area contributed by atoms with Gasteiger partial charge in [-0.15, -0.1) is 10.2 Å². The number of ketones is 1. The van der Waals surface area contributed by atoms with Crippen molar-refractivity contribution in [3.05, 3.63) is 53.1 Å². The van der Waals surface area contributed by atoms with Crippen LogP contribution in [-0.4, -0.2) is 35.5 Å². The molecule has 0 spiro atoms. The number of nitrogens with zero attached hydrogens (tertiary/aromatic N) is 2. The number of hydrogen-bond acceptors (Lipinski definition) is 7. The van der Waals surface area contributed by atoms with Crippen molar-refractivity contribution < 1.29 is 18.7 Å². The fourth-order valence-electron chi connectivity index (χ4n) is 3.47. The molecule has 2 aromatic carbocycles. The van der Waals surface area contributed by atoms with Gasteiger partial charge in [0.1, 0.15) is 11.5 Å². The van der Waals surface area contributed by atoms with Crippen molar-refractivity contribution >= 4 is 17.5 Å². The van der Waals surface area contributed by atoms with Crippen LogP contribution in [0.25, 0.3) is 11.5 Å². The average molecular weight is 410 g/mol. The minimum absolute atomic E-state index is 0.0625. The van der Waals surface area contributed by atoms with Gasteiger partial charge in [0.2, 0.25) is 5.89 Å². The Hall–Kier alpha value is -2.80. The lowest BCUT2D eigenvalue weighted by Gasteiger charge is -2.09. The van der Waals surface area contributed by atoms with Crippen molar-refractivity contribution in [2.24, 2.45) is 0 Å². The number of carbonyl (C=O) groups is 1. The maximum Gasteiger partial charge on any atom is 0.277 e. The van der Waals surface area contributed by atoms with E-state index in [1.807, 2.05) is 19.1 Å². The van der Waals surface area contributed by atoms with Crippen LogP contribution in [0.15, 0.2) is 46.0 Å². The van der Waals surface area contributed by atoms with Crippen molar-refractivity contribution in [2.45, 2.75) is 36.7 Å². The highest BCUT2D eigenvalue weighted by molar-refractivity contribution is 8.00. The normalized spacial score (nSPS) is 13.8. The first kappa shape index (κ1) is 19.5. The SMILES string of the molecule is COc1cc(OC)cc(-c2nnc(SC(C)C(=O)c3ccc4c(c3)CCC4)o2)c1. The summed E-state index contributed by atoms with van der Waals surface area (Å²) in [4.78, 5) is 12.8. The predicted molar refractivity (Wildman–Crippen MR) is 111 cm³/mol. The van der Waals surface area contributed by atoms with Gasteiger partial charge in [0.25, 0.3) is 5.22 Å². The molecule has 3 aromatic rings. The molecule has 4 rings (SSSR count). The van der Waals surface area contributed by atoms with Gasteiger partial charge in [0.05, 0.1) is 19.5 Å². The van der Waals surface area contributed by atoms with Crippen LogP contribution in [0.1, 0.15) is 34.8 Å². The van der Waals surface area contributed by atoms with E-state index < -0.39 is 0 Å². The largest absolute Gasteiger partial charge is 0.497 e. The highest BCUT2D eigenvalue weighted by Crippen LogP contribution is 2.32. The molecule has 6 nitrogen and oxygen atoms in total. The average Bonchev–Trinajstić information content (AvgIpc) is 3.41. The highest BCUT2D eigenvalue weighted by Gasteiger charge is 2.22. The fourth-order valence-corrected chi connectivity index (χ4v) is 4.23. The van der Waals surface area contributed by atoms with Crippen molar-refractivity contribution in [3.63, 3.8) is 0 Å². The third-order valence-electron chi connectivity index (χ3n) is 5.03. The molecule has 0 saturated heterocycles. The van der Waals surface area contributed by atoms with E-state index in [2.05, 4.69) is 16.3 Å². The van der Waals surface area contributed by atoms with Crippen molar-refractivity contribution in [1.82, 2.24) is 10.2 Å². The third kappa shape index (κ3) is 4.15. The summed E-state index contributed by atoms with van der Waals surface area (Å²) in [6.07, 6.45) is 3.32. The van der Waals surface area contributed by atoms with E-state index in [1.54, 1.807) is 32.4 Å². The smallest absolute Gasteiger partial charge is 0.277 e. The van der Waals surface area contributed by atoms with Gasteiger partial charge in [0, 0.05) is 17.2 Å². The second-order valence-electron chi connectivity index (χ2n) is 6.94. The zero-order chi connectivity index (χ0) is 20.4. The number of methoxy groups -OCH3 is 2. The number of aryl methyl sites for hydroxylation is 2. The summed E-state index contributed by atoms with van der Waals surface area (Å²) in [5.41, 5.74) is 4.08.